The summed E-state index contributed by atoms with van der Waals surface area (Å²) >= 11 is 1.56. The van der Waals surface area contributed by atoms with E-state index in [9.17, 15) is 4.79 Å². The molecule has 0 aromatic carbocycles. The Labute approximate surface area is 113 Å². The quantitative estimate of drug-likeness (QED) is 0.850. The van der Waals surface area contributed by atoms with E-state index >= 15 is 0 Å². The van der Waals surface area contributed by atoms with Crippen molar-refractivity contribution in [3.8, 4) is 0 Å². The maximum absolute atomic E-state index is 12.0. The van der Waals surface area contributed by atoms with Crippen LogP contribution >= 0.6 is 11.3 Å². The minimum atomic E-state index is 0.0146. The molecule has 1 aromatic heterocycles. The monoisotopic (exact) mass is 266 g/mol. The smallest absolute Gasteiger partial charge is 0.177 e. The molecule has 0 saturated carbocycles. The number of ketones is 1. The van der Waals surface area contributed by atoms with Crippen LogP contribution in [0.3, 0.4) is 0 Å². The molecule has 18 heavy (non-hydrogen) atoms. The Morgan fingerprint density at radius 1 is 1.61 bits per heavy atom. The van der Waals surface area contributed by atoms with Crippen molar-refractivity contribution in [3.05, 3.63) is 10.9 Å². The Hall–Kier alpha value is -1.03. The van der Waals surface area contributed by atoms with E-state index < -0.39 is 0 Å². The molecule has 0 bridgehead atoms. The minimum absolute atomic E-state index is 0.0146. The van der Waals surface area contributed by atoms with Gasteiger partial charge in [0, 0.05) is 19.0 Å². The summed E-state index contributed by atoms with van der Waals surface area (Å²) in [5, 5.41) is 1.16. The van der Waals surface area contributed by atoms with Crippen molar-refractivity contribution < 1.29 is 4.79 Å². The molecule has 1 unspecified atom stereocenters. The Morgan fingerprint density at radius 3 is 2.89 bits per heavy atom. The van der Waals surface area contributed by atoms with E-state index in [1.165, 1.54) is 12.8 Å². The molecule has 0 amide bonds. The van der Waals surface area contributed by atoms with Crippen molar-refractivity contribution in [2.45, 2.75) is 33.6 Å². The van der Waals surface area contributed by atoms with Gasteiger partial charge in [-0.25, -0.2) is 0 Å². The van der Waals surface area contributed by atoms with E-state index in [0.29, 0.717) is 5.69 Å². The maximum atomic E-state index is 12.0. The lowest BCUT2D eigenvalue weighted by Crippen LogP contribution is -2.18. The average Bonchev–Trinajstić information content (AvgIpc) is 2.93. The Bertz CT molecular complexity index is 439. The van der Waals surface area contributed by atoms with Crippen molar-refractivity contribution in [3.63, 3.8) is 0 Å². The molecule has 3 nitrogen and oxygen atoms in total. The van der Waals surface area contributed by atoms with Crippen LogP contribution in [0.2, 0.25) is 0 Å². The van der Waals surface area contributed by atoms with Gasteiger partial charge in [0.1, 0.15) is 0 Å². The van der Waals surface area contributed by atoms with E-state index in [0.717, 1.165) is 28.9 Å². The first-order chi connectivity index (χ1) is 8.52. The van der Waals surface area contributed by atoms with Crippen LogP contribution in [0.25, 0.3) is 0 Å². The van der Waals surface area contributed by atoms with E-state index in [1.54, 1.807) is 11.3 Å². The average molecular weight is 266 g/mol. The lowest BCUT2D eigenvalue weighted by Gasteiger charge is -2.15. The molecule has 1 aromatic rings. The molecule has 0 radical (unpaired) electrons. The number of hydrogen-bond donors (Lipinski definition) is 1. The second-order valence-electron chi connectivity index (χ2n) is 5.40. The molecule has 1 fully saturated rings. The van der Waals surface area contributed by atoms with Crippen LogP contribution < -0.4 is 10.6 Å². The fraction of sp³-hybridized carbons (Fsp3) is 0.643. The number of Topliss-reactive ketones (excluding diaryl/α,β-unsaturated/α-hetero) is 1. The van der Waals surface area contributed by atoms with Gasteiger partial charge in [-0.05, 0) is 18.4 Å². The summed E-state index contributed by atoms with van der Waals surface area (Å²) in [6.45, 7) is 8.28. The molecule has 1 saturated heterocycles. The van der Waals surface area contributed by atoms with Crippen LogP contribution in [-0.4, -0.2) is 18.9 Å². The van der Waals surface area contributed by atoms with Crippen molar-refractivity contribution in [1.82, 2.24) is 0 Å². The first-order valence-corrected chi connectivity index (χ1v) is 7.53. The zero-order valence-corrected chi connectivity index (χ0v) is 12.2. The van der Waals surface area contributed by atoms with E-state index in [-0.39, 0.29) is 11.7 Å². The van der Waals surface area contributed by atoms with Gasteiger partial charge in [-0.1, -0.05) is 27.2 Å². The number of nitrogens with two attached hydrogens (primary N) is 1. The van der Waals surface area contributed by atoms with Gasteiger partial charge < -0.3 is 10.6 Å². The highest BCUT2D eigenvalue weighted by molar-refractivity contribution is 7.18. The summed E-state index contributed by atoms with van der Waals surface area (Å²) in [6, 6.07) is 1.97. The minimum Gasteiger partial charge on any atom is -0.397 e. The Balaban J connectivity index is 2.17. The van der Waals surface area contributed by atoms with Gasteiger partial charge in [-0.2, -0.15) is 0 Å². The number of thiophene rings is 1. The fourth-order valence-electron chi connectivity index (χ4n) is 2.37. The SMILES string of the molecule is CCC1CCN(c2cc(N)c(C(=O)C(C)C)s2)C1. The molecular weight excluding hydrogens is 244 g/mol. The lowest BCUT2D eigenvalue weighted by molar-refractivity contribution is 0.0944. The van der Waals surface area contributed by atoms with Gasteiger partial charge in [0.05, 0.1) is 15.6 Å². The summed E-state index contributed by atoms with van der Waals surface area (Å²) in [6.07, 6.45) is 2.48. The highest BCUT2D eigenvalue weighted by Gasteiger charge is 2.25. The molecule has 0 aliphatic carbocycles. The maximum Gasteiger partial charge on any atom is 0.177 e. The summed E-state index contributed by atoms with van der Waals surface area (Å²) in [5.74, 6) is 0.966. The van der Waals surface area contributed by atoms with Gasteiger partial charge >= 0.3 is 0 Å². The zero-order valence-electron chi connectivity index (χ0n) is 11.4. The van der Waals surface area contributed by atoms with E-state index in [1.807, 2.05) is 19.9 Å². The van der Waals surface area contributed by atoms with Crippen LogP contribution in [-0.2, 0) is 0 Å². The van der Waals surface area contributed by atoms with E-state index in [2.05, 4.69) is 11.8 Å². The number of nitrogen functional groups attached to an aromatic ring is 1. The molecule has 2 heterocycles. The number of carbonyl (C=O) groups is 1. The number of nitrogens with zero attached hydrogens (tertiary/aromatic N) is 1. The molecule has 4 heteroatoms. The van der Waals surface area contributed by atoms with Crippen LogP contribution in [0.4, 0.5) is 10.7 Å². The molecule has 1 aliphatic heterocycles. The first-order valence-electron chi connectivity index (χ1n) is 6.71. The number of carbonyl (C=O) groups excluding carboxylic acids is 1. The third-order valence-electron chi connectivity index (χ3n) is 3.67. The highest BCUT2D eigenvalue weighted by Crippen LogP contribution is 2.36. The third kappa shape index (κ3) is 2.53. The Kier molecular flexibility index (Phi) is 3.95. The molecular formula is C14H22N2OS. The van der Waals surface area contributed by atoms with Gasteiger partial charge in [0.2, 0.25) is 0 Å². The van der Waals surface area contributed by atoms with Crippen LogP contribution in [0, 0.1) is 11.8 Å². The molecule has 2 N–H and O–H groups in total. The number of anilines is 2. The molecule has 1 aliphatic rings. The zero-order chi connectivity index (χ0) is 13.3. The second kappa shape index (κ2) is 5.31. The van der Waals surface area contributed by atoms with Gasteiger partial charge in [-0.15, -0.1) is 11.3 Å². The lowest BCUT2D eigenvalue weighted by atomic mass is 10.1. The third-order valence-corrected chi connectivity index (χ3v) is 4.90. The summed E-state index contributed by atoms with van der Waals surface area (Å²) < 4.78 is 0. The van der Waals surface area contributed by atoms with Gasteiger partial charge in [0.25, 0.3) is 0 Å². The van der Waals surface area contributed by atoms with Crippen LogP contribution in [0.1, 0.15) is 43.3 Å². The topological polar surface area (TPSA) is 46.3 Å². The molecule has 2 rings (SSSR count). The van der Waals surface area contributed by atoms with Gasteiger partial charge in [-0.3, -0.25) is 4.79 Å². The predicted octanol–water partition coefficient (Wildman–Crippen LogP) is 3.41. The molecule has 1 atom stereocenters. The van der Waals surface area contributed by atoms with Crippen molar-refractivity contribution in [1.29, 1.82) is 0 Å². The van der Waals surface area contributed by atoms with Gasteiger partial charge in [0.15, 0.2) is 5.78 Å². The molecule has 100 valence electrons. The second-order valence-corrected chi connectivity index (χ2v) is 6.43. The number of rotatable bonds is 4. The van der Waals surface area contributed by atoms with Crippen molar-refractivity contribution in [2.75, 3.05) is 23.7 Å². The van der Waals surface area contributed by atoms with Crippen molar-refractivity contribution in [2.24, 2.45) is 11.8 Å². The normalized spacial score (nSPS) is 19.8. The Morgan fingerprint density at radius 2 is 2.33 bits per heavy atom. The molecule has 0 spiro atoms. The van der Waals surface area contributed by atoms with Crippen LogP contribution in [0.15, 0.2) is 6.07 Å². The van der Waals surface area contributed by atoms with E-state index in [4.69, 9.17) is 5.73 Å². The predicted molar refractivity (Wildman–Crippen MR) is 78.5 cm³/mol. The summed E-state index contributed by atoms with van der Waals surface area (Å²) in [5.41, 5.74) is 6.62. The van der Waals surface area contributed by atoms with Crippen molar-refractivity contribution >= 4 is 27.8 Å². The first kappa shape index (κ1) is 13.4. The largest absolute Gasteiger partial charge is 0.397 e. The van der Waals surface area contributed by atoms with Crippen LogP contribution in [0.5, 0.6) is 0 Å². The summed E-state index contributed by atoms with van der Waals surface area (Å²) in [4.78, 5) is 15.1. The number of hydrogen-bond acceptors (Lipinski definition) is 4. The standard InChI is InChI=1S/C14H22N2OS/c1-4-10-5-6-16(8-10)12-7-11(15)14(18-12)13(17)9(2)3/h7,9-10H,4-6,8,15H2,1-3H3. The fourth-order valence-corrected chi connectivity index (χ4v) is 3.57. The summed E-state index contributed by atoms with van der Waals surface area (Å²) in [7, 11) is 0. The highest BCUT2D eigenvalue weighted by atomic mass is 32.1.